The molecule has 1 aliphatic rings. The third kappa shape index (κ3) is 2.08. The molecular formula is C12H9N5O4. The highest BCUT2D eigenvalue weighted by Crippen LogP contribution is 2.22. The van der Waals surface area contributed by atoms with Crippen molar-refractivity contribution in [2.45, 2.75) is 18.9 Å². The second-order valence-electron chi connectivity index (χ2n) is 4.57. The van der Waals surface area contributed by atoms with E-state index in [0.717, 1.165) is 4.68 Å². The fourth-order valence-corrected chi connectivity index (χ4v) is 2.26. The highest BCUT2D eigenvalue weighted by atomic mass is 16.3. The Labute approximate surface area is 116 Å². The van der Waals surface area contributed by atoms with E-state index in [1.54, 1.807) is 0 Å². The first-order chi connectivity index (χ1) is 10.1. The number of nitrogens with zero attached hydrogens (tertiary/aromatic N) is 4. The van der Waals surface area contributed by atoms with Gasteiger partial charge < -0.3 is 0 Å². The van der Waals surface area contributed by atoms with Gasteiger partial charge in [0.2, 0.25) is 5.91 Å². The second kappa shape index (κ2) is 4.85. The molecule has 0 bridgehead atoms. The van der Waals surface area contributed by atoms with Gasteiger partial charge in [0.1, 0.15) is 17.2 Å². The topological polar surface area (TPSA) is 123 Å². The SMILES string of the molecule is O=Nc1cccc2c(=O)n(C3CCC(=O)NC3=O)nnc12. The predicted molar refractivity (Wildman–Crippen MR) is 70.7 cm³/mol. The van der Waals surface area contributed by atoms with Crippen molar-refractivity contribution >= 4 is 28.4 Å². The van der Waals surface area contributed by atoms with Crippen molar-refractivity contribution < 1.29 is 9.59 Å². The average Bonchev–Trinajstić information content (AvgIpc) is 2.48. The molecule has 1 aromatic heterocycles. The fourth-order valence-electron chi connectivity index (χ4n) is 2.26. The van der Waals surface area contributed by atoms with Crippen molar-refractivity contribution in [3.05, 3.63) is 33.5 Å². The molecule has 2 amide bonds. The van der Waals surface area contributed by atoms with Crippen LogP contribution in [0.5, 0.6) is 0 Å². The number of hydrogen-bond donors (Lipinski definition) is 1. The minimum absolute atomic E-state index is 0.00697. The zero-order chi connectivity index (χ0) is 15.0. The van der Waals surface area contributed by atoms with Gasteiger partial charge in [-0.25, -0.2) is 0 Å². The highest BCUT2D eigenvalue weighted by molar-refractivity contribution is 5.99. The van der Waals surface area contributed by atoms with E-state index in [4.69, 9.17) is 0 Å². The molecule has 3 rings (SSSR count). The van der Waals surface area contributed by atoms with Crippen LogP contribution in [-0.4, -0.2) is 26.8 Å². The van der Waals surface area contributed by atoms with Crippen molar-refractivity contribution in [2.75, 3.05) is 0 Å². The summed E-state index contributed by atoms with van der Waals surface area (Å²) in [6.07, 6.45) is 0.300. The van der Waals surface area contributed by atoms with E-state index in [1.165, 1.54) is 18.2 Å². The Kier molecular flexibility index (Phi) is 3.01. The Hall–Kier alpha value is -2.97. The molecule has 9 nitrogen and oxygen atoms in total. The molecule has 1 saturated heterocycles. The first kappa shape index (κ1) is 13.0. The number of aromatic nitrogens is 3. The molecule has 1 atom stereocenters. The van der Waals surface area contributed by atoms with Crippen LogP contribution in [0, 0.1) is 4.91 Å². The third-order valence-electron chi connectivity index (χ3n) is 3.30. The molecule has 106 valence electrons. The molecule has 1 N–H and O–H groups in total. The van der Waals surface area contributed by atoms with E-state index in [-0.39, 0.29) is 35.3 Å². The molecule has 0 spiro atoms. The van der Waals surface area contributed by atoms with Gasteiger partial charge in [0, 0.05) is 6.42 Å². The number of rotatable bonds is 2. The summed E-state index contributed by atoms with van der Waals surface area (Å²) in [5.74, 6) is -0.975. The van der Waals surface area contributed by atoms with Gasteiger partial charge in [-0.3, -0.25) is 19.7 Å². The van der Waals surface area contributed by atoms with E-state index in [2.05, 4.69) is 20.8 Å². The number of nitroso groups, excluding NO2 is 1. The minimum Gasteiger partial charge on any atom is -0.295 e. The zero-order valence-electron chi connectivity index (χ0n) is 10.6. The normalized spacial score (nSPS) is 18.6. The number of amides is 2. The van der Waals surface area contributed by atoms with Crippen LogP contribution in [0.1, 0.15) is 18.9 Å². The number of hydrogen-bond acceptors (Lipinski definition) is 7. The van der Waals surface area contributed by atoms with Crippen molar-refractivity contribution in [1.82, 2.24) is 20.3 Å². The molecule has 1 fully saturated rings. The van der Waals surface area contributed by atoms with Crippen molar-refractivity contribution in [1.29, 1.82) is 0 Å². The second-order valence-corrected chi connectivity index (χ2v) is 4.57. The molecule has 0 saturated carbocycles. The van der Waals surface area contributed by atoms with Crippen molar-refractivity contribution in [2.24, 2.45) is 5.18 Å². The summed E-state index contributed by atoms with van der Waals surface area (Å²) >= 11 is 0. The summed E-state index contributed by atoms with van der Waals surface area (Å²) in [5, 5.41) is 12.6. The van der Waals surface area contributed by atoms with Crippen LogP contribution in [0.2, 0.25) is 0 Å². The first-order valence-electron chi connectivity index (χ1n) is 6.17. The van der Waals surface area contributed by atoms with E-state index in [0.29, 0.717) is 0 Å². The fraction of sp³-hybridized carbons (Fsp3) is 0.250. The lowest BCUT2D eigenvalue weighted by Crippen LogP contribution is -2.45. The molecule has 1 unspecified atom stereocenters. The number of fused-ring (bicyclic) bond motifs is 1. The van der Waals surface area contributed by atoms with Crippen LogP contribution in [0.25, 0.3) is 10.9 Å². The third-order valence-corrected chi connectivity index (χ3v) is 3.30. The van der Waals surface area contributed by atoms with Gasteiger partial charge in [0.05, 0.1) is 5.39 Å². The van der Waals surface area contributed by atoms with Gasteiger partial charge in [-0.2, -0.15) is 4.68 Å². The Bertz CT molecular complexity index is 828. The zero-order valence-corrected chi connectivity index (χ0v) is 10.6. The lowest BCUT2D eigenvalue weighted by Gasteiger charge is -2.21. The molecule has 1 aliphatic heterocycles. The van der Waals surface area contributed by atoms with E-state index in [9.17, 15) is 19.3 Å². The van der Waals surface area contributed by atoms with E-state index >= 15 is 0 Å². The molecule has 2 heterocycles. The van der Waals surface area contributed by atoms with Gasteiger partial charge in [0.25, 0.3) is 11.5 Å². The van der Waals surface area contributed by atoms with Gasteiger partial charge in [-0.1, -0.05) is 11.3 Å². The van der Waals surface area contributed by atoms with E-state index < -0.39 is 17.5 Å². The Balaban J connectivity index is 2.15. The maximum atomic E-state index is 12.4. The monoisotopic (exact) mass is 287 g/mol. The number of imide groups is 1. The number of benzene rings is 1. The first-order valence-corrected chi connectivity index (χ1v) is 6.17. The summed E-state index contributed by atoms with van der Waals surface area (Å²) < 4.78 is 0.929. The van der Waals surface area contributed by atoms with Gasteiger partial charge >= 0.3 is 0 Å². The van der Waals surface area contributed by atoms with Crippen molar-refractivity contribution in [3.63, 3.8) is 0 Å². The molecule has 9 heteroatoms. The molecular weight excluding hydrogens is 278 g/mol. The van der Waals surface area contributed by atoms with Crippen LogP contribution in [-0.2, 0) is 9.59 Å². The lowest BCUT2D eigenvalue weighted by molar-refractivity contribution is -0.136. The minimum atomic E-state index is -0.889. The van der Waals surface area contributed by atoms with Crippen LogP contribution in [0.15, 0.2) is 28.2 Å². The Morgan fingerprint density at radius 3 is 2.81 bits per heavy atom. The van der Waals surface area contributed by atoms with Crippen LogP contribution in [0.4, 0.5) is 5.69 Å². The van der Waals surface area contributed by atoms with Crippen molar-refractivity contribution in [3.8, 4) is 0 Å². The highest BCUT2D eigenvalue weighted by Gasteiger charge is 2.30. The predicted octanol–water partition coefficient (Wildman–Crippen LogP) is 0.167. The molecule has 21 heavy (non-hydrogen) atoms. The van der Waals surface area contributed by atoms with E-state index in [1.807, 2.05) is 0 Å². The van der Waals surface area contributed by atoms with Gasteiger partial charge in [-0.05, 0) is 23.7 Å². The molecule has 0 radical (unpaired) electrons. The summed E-state index contributed by atoms with van der Waals surface area (Å²) in [4.78, 5) is 46.0. The summed E-state index contributed by atoms with van der Waals surface area (Å²) in [6, 6.07) is 3.50. The summed E-state index contributed by atoms with van der Waals surface area (Å²) in [5.41, 5.74) is -0.464. The largest absolute Gasteiger partial charge is 0.295 e. The molecule has 1 aromatic carbocycles. The number of piperidine rings is 1. The Morgan fingerprint density at radius 2 is 2.10 bits per heavy atom. The maximum absolute atomic E-state index is 12.4. The van der Waals surface area contributed by atoms with Crippen LogP contribution >= 0.6 is 0 Å². The Morgan fingerprint density at radius 1 is 1.29 bits per heavy atom. The van der Waals surface area contributed by atoms with Crippen LogP contribution in [0.3, 0.4) is 0 Å². The summed E-state index contributed by atoms with van der Waals surface area (Å²) in [6.45, 7) is 0. The quantitative estimate of drug-likeness (QED) is 0.620. The maximum Gasteiger partial charge on any atom is 0.278 e. The molecule has 0 aliphatic carbocycles. The smallest absolute Gasteiger partial charge is 0.278 e. The standard InChI is InChI=1S/C12H9N5O4/c18-9-5-4-8(11(19)13-9)17-12(20)6-2-1-3-7(15-21)10(6)14-16-17/h1-3,8H,4-5H2,(H,13,18,19). The number of carbonyl (C=O) groups excluding carboxylic acids is 2. The average molecular weight is 287 g/mol. The number of nitrogens with one attached hydrogen (secondary N) is 1. The summed E-state index contributed by atoms with van der Waals surface area (Å²) in [7, 11) is 0. The van der Waals surface area contributed by atoms with Gasteiger partial charge in [-0.15, -0.1) is 10.0 Å². The van der Waals surface area contributed by atoms with Crippen LogP contribution < -0.4 is 10.9 Å². The number of carbonyl (C=O) groups is 2. The lowest BCUT2D eigenvalue weighted by atomic mass is 10.1. The van der Waals surface area contributed by atoms with Gasteiger partial charge in [0.15, 0.2) is 0 Å². The molecule has 2 aromatic rings.